The number of hydrogen-bond donors (Lipinski definition) is 0. The minimum atomic E-state index is 0.749. The Morgan fingerprint density at radius 1 is 0.733 bits per heavy atom. The molecule has 0 saturated carbocycles. The van der Waals surface area contributed by atoms with Crippen LogP contribution in [0.5, 0.6) is 0 Å². The maximum atomic E-state index is 2.23. The molecule has 72 valence electrons. The molecule has 0 aromatic heterocycles. The first-order chi connectivity index (χ1) is 7.45. The Balaban J connectivity index is 1.97. The van der Waals surface area contributed by atoms with Gasteiger partial charge in [-0.1, -0.05) is 77.6 Å². The fraction of sp³-hybridized carbons (Fsp3) is 0. The van der Waals surface area contributed by atoms with E-state index in [0.717, 1.165) is 9.52 Å². The molecule has 1 heteroatoms. The molecule has 0 N–H and O–H groups in total. The van der Waals surface area contributed by atoms with Gasteiger partial charge in [-0.05, 0) is 5.56 Å². The lowest BCUT2D eigenvalue weighted by molar-refractivity contribution is 1.66. The predicted octanol–water partition coefficient (Wildman–Crippen LogP) is 2.69. The van der Waals surface area contributed by atoms with Gasteiger partial charge in [-0.3, -0.25) is 0 Å². The van der Waals surface area contributed by atoms with Gasteiger partial charge in [0, 0.05) is 0 Å². The quantitative estimate of drug-likeness (QED) is 0.680. The topological polar surface area (TPSA) is 0 Å². The largest absolute Gasteiger partial charge is 0.111 e. The molecule has 0 unspecified atom stereocenters. The van der Waals surface area contributed by atoms with Crippen molar-refractivity contribution in [1.82, 2.24) is 0 Å². The highest BCUT2D eigenvalue weighted by Crippen LogP contribution is 1.99. The second kappa shape index (κ2) is 5.32. The van der Waals surface area contributed by atoms with E-state index in [1.165, 1.54) is 10.8 Å². The third-order valence-corrected chi connectivity index (χ3v) is 3.10. The van der Waals surface area contributed by atoms with Crippen molar-refractivity contribution in [3.05, 3.63) is 71.9 Å². The van der Waals surface area contributed by atoms with Crippen molar-refractivity contribution in [3.63, 3.8) is 0 Å². The summed E-state index contributed by atoms with van der Waals surface area (Å²) >= 11 is 0. The highest BCUT2D eigenvalue weighted by atomic mass is 28.2. The summed E-state index contributed by atoms with van der Waals surface area (Å²) in [6, 6.07) is 20.9. The van der Waals surface area contributed by atoms with Gasteiger partial charge in [0.2, 0.25) is 0 Å². The molecule has 0 bridgehead atoms. The van der Waals surface area contributed by atoms with E-state index < -0.39 is 0 Å². The molecule has 0 aliphatic rings. The van der Waals surface area contributed by atoms with Crippen molar-refractivity contribution >= 4 is 20.8 Å². The van der Waals surface area contributed by atoms with Crippen molar-refractivity contribution in [3.8, 4) is 0 Å². The molecule has 0 aliphatic carbocycles. The second-order valence-electron chi connectivity index (χ2n) is 3.25. The summed E-state index contributed by atoms with van der Waals surface area (Å²) in [6.07, 6.45) is 2.17. The lowest BCUT2D eigenvalue weighted by Gasteiger charge is -1.93. The Kier molecular flexibility index (Phi) is 3.52. The Morgan fingerprint density at radius 2 is 1.33 bits per heavy atom. The standard InChI is InChI=1S/C14H12Si/c1-3-7-13(8-4-1)11-12-15-14-9-5-2-6-10-14/h1-12H. The molecule has 2 aromatic carbocycles. The lowest BCUT2D eigenvalue weighted by atomic mass is 10.2. The van der Waals surface area contributed by atoms with Gasteiger partial charge in [0.1, 0.15) is 9.52 Å². The Labute approximate surface area is 93.1 Å². The number of rotatable bonds is 3. The molecule has 0 spiro atoms. The van der Waals surface area contributed by atoms with Crippen LogP contribution in [-0.2, 0) is 0 Å². The fourth-order valence-corrected chi connectivity index (χ4v) is 2.19. The summed E-state index contributed by atoms with van der Waals surface area (Å²) in [5.41, 5.74) is 3.49. The van der Waals surface area contributed by atoms with Crippen LogP contribution in [0.4, 0.5) is 0 Å². The zero-order valence-electron chi connectivity index (χ0n) is 8.43. The summed E-state index contributed by atoms with van der Waals surface area (Å²) in [5.74, 6) is 0. The van der Waals surface area contributed by atoms with Crippen LogP contribution < -0.4 is 5.19 Å². The van der Waals surface area contributed by atoms with Crippen LogP contribution in [0.25, 0.3) is 6.08 Å². The summed E-state index contributed by atoms with van der Waals surface area (Å²) in [6.45, 7) is 0. The summed E-state index contributed by atoms with van der Waals surface area (Å²) in [7, 11) is 0.749. The van der Waals surface area contributed by atoms with Gasteiger partial charge in [-0.15, -0.1) is 0 Å². The normalized spacial score (nSPS) is 10.7. The maximum Gasteiger partial charge on any atom is 0.111 e. The molecule has 2 aromatic rings. The third kappa shape index (κ3) is 3.22. The Morgan fingerprint density at radius 3 is 2.00 bits per heavy atom. The van der Waals surface area contributed by atoms with Crippen molar-refractivity contribution in [1.29, 1.82) is 0 Å². The van der Waals surface area contributed by atoms with Crippen LogP contribution in [0, 0.1) is 0 Å². The van der Waals surface area contributed by atoms with Crippen LogP contribution >= 0.6 is 0 Å². The average molecular weight is 208 g/mol. The van der Waals surface area contributed by atoms with E-state index in [-0.39, 0.29) is 0 Å². The molecule has 0 aliphatic heterocycles. The zero-order chi connectivity index (χ0) is 10.3. The minimum Gasteiger partial charge on any atom is -0.0927 e. The van der Waals surface area contributed by atoms with Crippen molar-refractivity contribution in [2.45, 2.75) is 0 Å². The van der Waals surface area contributed by atoms with E-state index in [1.807, 2.05) is 6.07 Å². The summed E-state index contributed by atoms with van der Waals surface area (Å²) in [5, 5.41) is 1.38. The van der Waals surface area contributed by atoms with Gasteiger partial charge >= 0.3 is 0 Å². The molecule has 15 heavy (non-hydrogen) atoms. The Hall–Kier alpha value is -1.60. The van der Waals surface area contributed by atoms with Crippen molar-refractivity contribution in [2.75, 3.05) is 0 Å². The van der Waals surface area contributed by atoms with Crippen LogP contribution in [0.15, 0.2) is 66.4 Å². The van der Waals surface area contributed by atoms with Crippen LogP contribution in [0.2, 0.25) is 0 Å². The third-order valence-electron chi connectivity index (χ3n) is 2.10. The molecule has 2 rings (SSSR count). The molecular weight excluding hydrogens is 196 g/mol. The lowest BCUT2D eigenvalue weighted by Crippen LogP contribution is -2.09. The molecule has 0 nitrogen and oxygen atoms in total. The zero-order valence-corrected chi connectivity index (χ0v) is 9.43. The smallest absolute Gasteiger partial charge is 0.0927 e. The van der Waals surface area contributed by atoms with E-state index in [0.29, 0.717) is 0 Å². The molecule has 0 atom stereocenters. The Bertz CT molecular complexity index is 418. The van der Waals surface area contributed by atoms with Crippen LogP contribution in [-0.4, -0.2) is 9.52 Å². The van der Waals surface area contributed by atoms with Gasteiger partial charge in [0.05, 0.1) is 0 Å². The molecule has 2 radical (unpaired) electrons. The van der Waals surface area contributed by atoms with E-state index in [1.54, 1.807) is 0 Å². The van der Waals surface area contributed by atoms with E-state index in [4.69, 9.17) is 0 Å². The first-order valence-corrected chi connectivity index (χ1v) is 6.06. The summed E-state index contributed by atoms with van der Waals surface area (Å²) < 4.78 is 0. The van der Waals surface area contributed by atoms with Gasteiger partial charge in [-0.25, -0.2) is 0 Å². The highest BCUT2D eigenvalue weighted by molar-refractivity contribution is 6.59. The second-order valence-corrected chi connectivity index (χ2v) is 4.45. The van der Waals surface area contributed by atoms with Gasteiger partial charge in [-0.2, -0.15) is 0 Å². The summed E-state index contributed by atoms with van der Waals surface area (Å²) in [4.78, 5) is 0. The van der Waals surface area contributed by atoms with E-state index in [2.05, 4.69) is 66.4 Å². The van der Waals surface area contributed by atoms with Crippen molar-refractivity contribution < 1.29 is 0 Å². The van der Waals surface area contributed by atoms with Gasteiger partial charge in [0.25, 0.3) is 0 Å². The molecule has 0 saturated heterocycles. The van der Waals surface area contributed by atoms with E-state index in [9.17, 15) is 0 Å². The number of benzene rings is 2. The van der Waals surface area contributed by atoms with Crippen molar-refractivity contribution in [2.24, 2.45) is 0 Å². The van der Waals surface area contributed by atoms with E-state index >= 15 is 0 Å². The highest BCUT2D eigenvalue weighted by Gasteiger charge is 1.88. The monoisotopic (exact) mass is 208 g/mol. The van der Waals surface area contributed by atoms with Gasteiger partial charge in [0.15, 0.2) is 0 Å². The molecule has 0 fully saturated rings. The predicted molar refractivity (Wildman–Crippen MR) is 67.3 cm³/mol. The first-order valence-electron chi connectivity index (χ1n) is 4.98. The maximum absolute atomic E-state index is 2.23. The molecule has 0 heterocycles. The molecule has 0 amide bonds. The van der Waals surface area contributed by atoms with Crippen LogP contribution in [0.1, 0.15) is 5.56 Å². The first kappa shape index (κ1) is 9.93. The average Bonchev–Trinajstić information content (AvgIpc) is 2.32. The molecular formula is C14H12Si. The minimum absolute atomic E-state index is 0.749. The fourth-order valence-electron chi connectivity index (χ4n) is 1.33. The number of hydrogen-bond acceptors (Lipinski definition) is 0. The SMILES string of the molecule is C(=Cc1ccccc1)[Si]c1ccccc1. The van der Waals surface area contributed by atoms with Gasteiger partial charge < -0.3 is 0 Å². The van der Waals surface area contributed by atoms with Crippen LogP contribution in [0.3, 0.4) is 0 Å².